The van der Waals surface area contributed by atoms with Gasteiger partial charge in [-0.2, -0.15) is 0 Å². The van der Waals surface area contributed by atoms with Crippen molar-refractivity contribution in [2.45, 2.75) is 32.6 Å². The number of aromatic nitrogens is 1. The van der Waals surface area contributed by atoms with Crippen LogP contribution in [0.2, 0.25) is 0 Å². The highest BCUT2D eigenvalue weighted by Crippen LogP contribution is 2.33. The van der Waals surface area contributed by atoms with Gasteiger partial charge in [0.15, 0.2) is 0 Å². The summed E-state index contributed by atoms with van der Waals surface area (Å²) in [4.78, 5) is 4.77. The first kappa shape index (κ1) is 10.6. The Bertz CT molecular complexity index is 560. The van der Waals surface area contributed by atoms with Crippen LogP contribution in [0.5, 0.6) is 0 Å². The van der Waals surface area contributed by atoms with E-state index in [-0.39, 0.29) is 0 Å². The lowest BCUT2D eigenvalue weighted by Gasteiger charge is -2.24. The van der Waals surface area contributed by atoms with Gasteiger partial charge in [-0.3, -0.25) is 4.98 Å². The molecule has 1 aliphatic carbocycles. The molecule has 1 heterocycles. The monoisotopic (exact) mass is 226 g/mol. The third-order valence-electron chi connectivity index (χ3n) is 3.98. The van der Waals surface area contributed by atoms with Gasteiger partial charge in [0.2, 0.25) is 0 Å². The minimum absolute atomic E-state index is 0.785. The maximum Gasteiger partial charge on any atom is 0.0726 e. The minimum Gasteiger partial charge on any atom is -0.398 e. The van der Waals surface area contributed by atoms with Crippen LogP contribution in [0.3, 0.4) is 0 Å². The molecule has 88 valence electrons. The number of benzene rings is 1. The Hall–Kier alpha value is -1.57. The fourth-order valence-electron chi connectivity index (χ4n) is 2.84. The molecule has 0 aliphatic heterocycles. The highest BCUT2D eigenvalue weighted by atomic mass is 14.7. The third-order valence-corrected chi connectivity index (χ3v) is 3.98. The maximum absolute atomic E-state index is 6.32. The summed E-state index contributed by atoms with van der Waals surface area (Å²) < 4.78 is 0. The number of nitrogens with zero attached hydrogens (tertiary/aromatic N) is 1. The van der Waals surface area contributed by atoms with E-state index in [1.54, 1.807) is 0 Å². The largest absolute Gasteiger partial charge is 0.398 e. The van der Waals surface area contributed by atoms with Crippen LogP contribution < -0.4 is 5.73 Å². The van der Waals surface area contributed by atoms with Gasteiger partial charge in [-0.1, -0.05) is 31.5 Å². The number of rotatable bonds is 1. The average Bonchev–Trinajstić information content (AvgIpc) is 2.39. The van der Waals surface area contributed by atoms with Crippen molar-refractivity contribution in [2.75, 3.05) is 5.73 Å². The van der Waals surface area contributed by atoms with Crippen LogP contribution in [-0.2, 0) is 12.8 Å². The summed E-state index contributed by atoms with van der Waals surface area (Å²) in [6.07, 6.45) is 4.69. The maximum atomic E-state index is 6.32. The first-order chi connectivity index (χ1) is 8.29. The van der Waals surface area contributed by atoms with Crippen molar-refractivity contribution >= 4 is 16.6 Å². The molecule has 0 saturated carbocycles. The zero-order chi connectivity index (χ0) is 11.8. The lowest BCUT2D eigenvalue weighted by molar-refractivity contribution is 0.441. The summed E-state index contributed by atoms with van der Waals surface area (Å²) in [6, 6.07) is 8.19. The summed E-state index contributed by atoms with van der Waals surface area (Å²) in [5.41, 5.74) is 10.9. The Morgan fingerprint density at radius 1 is 1.35 bits per heavy atom. The van der Waals surface area contributed by atoms with Gasteiger partial charge in [0, 0.05) is 16.8 Å². The van der Waals surface area contributed by atoms with Gasteiger partial charge in [0.1, 0.15) is 0 Å². The zero-order valence-corrected chi connectivity index (χ0v) is 10.2. The number of nitrogens with two attached hydrogens (primary N) is 1. The summed E-state index contributed by atoms with van der Waals surface area (Å²) in [5.74, 6) is 0.785. The van der Waals surface area contributed by atoms with Crippen molar-refractivity contribution in [3.05, 3.63) is 35.5 Å². The average molecular weight is 226 g/mol. The van der Waals surface area contributed by atoms with E-state index in [0.717, 1.165) is 35.3 Å². The summed E-state index contributed by atoms with van der Waals surface area (Å²) in [6.45, 7) is 2.26. The van der Waals surface area contributed by atoms with Crippen molar-refractivity contribution in [3.8, 4) is 0 Å². The highest BCUT2D eigenvalue weighted by Gasteiger charge is 2.21. The number of aryl methyl sites for hydroxylation is 1. The van der Waals surface area contributed by atoms with Crippen LogP contribution in [0.15, 0.2) is 24.3 Å². The van der Waals surface area contributed by atoms with E-state index in [1.165, 1.54) is 24.1 Å². The Kier molecular flexibility index (Phi) is 2.50. The Balaban J connectivity index is 2.19. The minimum atomic E-state index is 0.785. The van der Waals surface area contributed by atoms with E-state index in [0.29, 0.717) is 0 Å². The van der Waals surface area contributed by atoms with Gasteiger partial charge in [-0.05, 0) is 36.8 Å². The lowest BCUT2D eigenvalue weighted by atomic mass is 9.83. The fourth-order valence-corrected chi connectivity index (χ4v) is 2.84. The van der Waals surface area contributed by atoms with E-state index in [1.807, 2.05) is 12.1 Å². The molecule has 2 N–H and O–H groups in total. The van der Waals surface area contributed by atoms with Crippen LogP contribution in [0.25, 0.3) is 10.9 Å². The second-order valence-electron chi connectivity index (χ2n) is 4.98. The first-order valence-electron chi connectivity index (χ1n) is 6.45. The van der Waals surface area contributed by atoms with Crippen molar-refractivity contribution < 1.29 is 0 Å². The Morgan fingerprint density at radius 2 is 2.18 bits per heavy atom. The summed E-state index contributed by atoms with van der Waals surface area (Å²) >= 11 is 0. The molecule has 2 heteroatoms. The van der Waals surface area contributed by atoms with Crippen LogP contribution in [0.1, 0.15) is 31.0 Å². The fraction of sp³-hybridized carbons (Fsp3) is 0.400. The predicted molar refractivity (Wildman–Crippen MR) is 72.0 cm³/mol. The van der Waals surface area contributed by atoms with Gasteiger partial charge < -0.3 is 5.73 Å². The van der Waals surface area contributed by atoms with Crippen molar-refractivity contribution in [2.24, 2.45) is 5.92 Å². The number of para-hydroxylation sites is 1. The topological polar surface area (TPSA) is 38.9 Å². The van der Waals surface area contributed by atoms with Crippen molar-refractivity contribution in [1.29, 1.82) is 0 Å². The van der Waals surface area contributed by atoms with E-state index >= 15 is 0 Å². The molecule has 1 aromatic heterocycles. The van der Waals surface area contributed by atoms with E-state index in [9.17, 15) is 0 Å². The molecule has 0 spiro atoms. The van der Waals surface area contributed by atoms with Crippen molar-refractivity contribution in [1.82, 2.24) is 4.98 Å². The van der Waals surface area contributed by atoms with Gasteiger partial charge >= 0.3 is 0 Å². The van der Waals surface area contributed by atoms with Gasteiger partial charge in [-0.15, -0.1) is 0 Å². The smallest absolute Gasteiger partial charge is 0.0726 e. The molecule has 0 saturated heterocycles. The number of pyridine rings is 1. The molecule has 2 aromatic rings. The molecule has 1 atom stereocenters. The van der Waals surface area contributed by atoms with Crippen molar-refractivity contribution in [3.63, 3.8) is 0 Å². The number of hydrogen-bond acceptors (Lipinski definition) is 2. The molecule has 0 fully saturated rings. The number of anilines is 1. The Labute approximate surface area is 102 Å². The quantitative estimate of drug-likeness (QED) is 0.810. The van der Waals surface area contributed by atoms with Gasteiger partial charge in [0.05, 0.1) is 5.52 Å². The highest BCUT2D eigenvalue weighted by molar-refractivity contribution is 5.92. The predicted octanol–water partition coefficient (Wildman–Crippen LogP) is 3.33. The molecule has 0 bridgehead atoms. The molecular weight excluding hydrogens is 208 g/mol. The lowest BCUT2D eigenvalue weighted by Crippen LogP contribution is -2.17. The van der Waals surface area contributed by atoms with Gasteiger partial charge in [0.25, 0.3) is 0 Å². The second-order valence-corrected chi connectivity index (χ2v) is 4.98. The Morgan fingerprint density at radius 3 is 3.00 bits per heavy atom. The SMILES string of the molecule is CCC1CCc2nc3ccccc3c(N)c2C1. The van der Waals surface area contributed by atoms with Gasteiger partial charge in [-0.25, -0.2) is 0 Å². The molecule has 1 unspecified atom stereocenters. The van der Waals surface area contributed by atoms with E-state index in [4.69, 9.17) is 10.7 Å². The summed E-state index contributed by atoms with van der Waals surface area (Å²) in [7, 11) is 0. The number of hydrogen-bond donors (Lipinski definition) is 1. The molecule has 17 heavy (non-hydrogen) atoms. The number of nitrogen functional groups attached to an aromatic ring is 1. The molecule has 1 aliphatic rings. The standard InChI is InChI=1S/C15H18N2/c1-2-10-7-8-14-12(9-10)15(16)11-5-3-4-6-13(11)17-14/h3-6,10H,2,7-9H2,1H3,(H2,16,17). The molecule has 3 rings (SSSR count). The number of fused-ring (bicyclic) bond motifs is 2. The summed E-state index contributed by atoms with van der Waals surface area (Å²) in [5, 5.41) is 1.11. The zero-order valence-electron chi connectivity index (χ0n) is 10.2. The molecule has 1 aromatic carbocycles. The molecule has 0 radical (unpaired) electrons. The van der Waals surface area contributed by atoms with Crippen LogP contribution >= 0.6 is 0 Å². The molecular formula is C15H18N2. The third kappa shape index (κ3) is 1.68. The van der Waals surface area contributed by atoms with Crippen LogP contribution in [0, 0.1) is 5.92 Å². The van der Waals surface area contributed by atoms with E-state index in [2.05, 4.69) is 19.1 Å². The molecule has 0 amide bonds. The first-order valence-corrected chi connectivity index (χ1v) is 6.45. The van der Waals surface area contributed by atoms with E-state index < -0.39 is 0 Å². The second kappa shape index (κ2) is 4.02. The normalized spacial score (nSPS) is 19.2. The van der Waals surface area contributed by atoms with Crippen LogP contribution in [-0.4, -0.2) is 4.98 Å². The van der Waals surface area contributed by atoms with Crippen LogP contribution in [0.4, 0.5) is 5.69 Å². The molecule has 2 nitrogen and oxygen atoms in total.